The predicted octanol–water partition coefficient (Wildman–Crippen LogP) is 4.20. The summed E-state index contributed by atoms with van der Waals surface area (Å²) in [6.45, 7) is 8.96. The number of rotatable bonds is 5. The van der Waals surface area contributed by atoms with Crippen molar-refractivity contribution in [1.82, 2.24) is 5.32 Å². The van der Waals surface area contributed by atoms with Crippen molar-refractivity contribution in [3.63, 3.8) is 0 Å². The fraction of sp³-hybridized carbons (Fsp3) is 0.667. The van der Waals surface area contributed by atoms with E-state index >= 15 is 0 Å². The van der Waals surface area contributed by atoms with Crippen molar-refractivity contribution < 1.29 is 0 Å². The van der Waals surface area contributed by atoms with Gasteiger partial charge >= 0.3 is 0 Å². The molecule has 1 N–H and O–H groups in total. The molecule has 1 aromatic rings. The van der Waals surface area contributed by atoms with Gasteiger partial charge in [0.25, 0.3) is 0 Å². The molecule has 0 amide bonds. The highest BCUT2D eigenvalue weighted by atomic mass is 15.1. The first-order valence-electron chi connectivity index (χ1n) is 8.05. The molecule has 0 spiro atoms. The molecular formula is C18H30N2. The Morgan fingerprint density at radius 2 is 1.85 bits per heavy atom. The molecule has 112 valence electrons. The quantitative estimate of drug-likeness (QED) is 0.865. The normalized spacial score (nSPS) is 19.0. The molecule has 1 aromatic carbocycles. The zero-order chi connectivity index (χ0) is 14.6. The molecule has 1 aliphatic carbocycles. The van der Waals surface area contributed by atoms with Crippen LogP contribution in [0.2, 0.25) is 0 Å². The number of benzene rings is 1. The van der Waals surface area contributed by atoms with Crippen LogP contribution in [0.1, 0.15) is 52.0 Å². The van der Waals surface area contributed by atoms with Gasteiger partial charge < -0.3 is 10.2 Å². The third-order valence-electron chi connectivity index (χ3n) is 4.79. The Kier molecular flexibility index (Phi) is 5.09. The molecule has 20 heavy (non-hydrogen) atoms. The van der Waals surface area contributed by atoms with Crippen molar-refractivity contribution in [1.29, 1.82) is 0 Å². The summed E-state index contributed by atoms with van der Waals surface area (Å²) in [5.41, 5.74) is 3.36. The van der Waals surface area contributed by atoms with Crippen LogP contribution in [0.15, 0.2) is 24.3 Å². The second kappa shape index (κ2) is 6.62. The third-order valence-corrected chi connectivity index (χ3v) is 4.79. The van der Waals surface area contributed by atoms with E-state index < -0.39 is 0 Å². The number of nitrogens with zero attached hydrogens (tertiary/aromatic N) is 1. The first kappa shape index (κ1) is 15.4. The van der Waals surface area contributed by atoms with Crippen molar-refractivity contribution in [2.24, 2.45) is 5.41 Å². The molecule has 0 radical (unpaired) electrons. The van der Waals surface area contributed by atoms with E-state index in [9.17, 15) is 0 Å². The second-order valence-corrected chi connectivity index (χ2v) is 6.92. The molecular weight excluding hydrogens is 244 g/mol. The lowest BCUT2D eigenvalue weighted by molar-refractivity contribution is 0.222. The maximum absolute atomic E-state index is 3.45. The van der Waals surface area contributed by atoms with Gasteiger partial charge in [-0.15, -0.1) is 0 Å². The number of hydrogen-bond acceptors (Lipinski definition) is 2. The van der Waals surface area contributed by atoms with Crippen LogP contribution in [0, 0.1) is 5.41 Å². The van der Waals surface area contributed by atoms with Crippen LogP contribution in [0.25, 0.3) is 0 Å². The molecule has 1 fully saturated rings. The zero-order valence-electron chi connectivity index (χ0n) is 13.6. The van der Waals surface area contributed by atoms with Gasteiger partial charge in [-0.1, -0.05) is 39.0 Å². The molecule has 0 aromatic heterocycles. The summed E-state index contributed by atoms with van der Waals surface area (Å²) in [4.78, 5) is 2.52. The first-order chi connectivity index (χ1) is 9.53. The highest BCUT2D eigenvalue weighted by Gasteiger charge is 2.29. The minimum atomic E-state index is 0.542. The van der Waals surface area contributed by atoms with E-state index in [0.717, 1.165) is 13.1 Å². The lowest BCUT2D eigenvalue weighted by Gasteiger charge is -2.40. The first-order valence-corrected chi connectivity index (χ1v) is 8.05. The number of anilines is 1. The molecule has 2 rings (SSSR count). The topological polar surface area (TPSA) is 15.3 Å². The lowest BCUT2D eigenvalue weighted by Crippen LogP contribution is -2.37. The fourth-order valence-corrected chi connectivity index (χ4v) is 3.23. The summed E-state index contributed by atoms with van der Waals surface area (Å²) in [7, 11) is 2.27. The van der Waals surface area contributed by atoms with Crippen molar-refractivity contribution in [2.75, 3.05) is 18.5 Å². The summed E-state index contributed by atoms with van der Waals surface area (Å²) in [5, 5.41) is 3.45. The van der Waals surface area contributed by atoms with Crippen LogP contribution < -0.4 is 10.2 Å². The summed E-state index contributed by atoms with van der Waals surface area (Å²) >= 11 is 0. The Labute approximate surface area is 124 Å². The Bertz CT molecular complexity index is 415. The Morgan fingerprint density at radius 3 is 2.50 bits per heavy atom. The van der Waals surface area contributed by atoms with Gasteiger partial charge in [-0.3, -0.25) is 0 Å². The average molecular weight is 274 g/mol. The highest BCUT2D eigenvalue weighted by Crippen LogP contribution is 2.38. The van der Waals surface area contributed by atoms with Gasteiger partial charge in [-0.25, -0.2) is 0 Å². The van der Waals surface area contributed by atoms with Gasteiger partial charge in [0.15, 0.2) is 0 Å². The van der Waals surface area contributed by atoms with E-state index in [1.54, 1.807) is 0 Å². The largest absolute Gasteiger partial charge is 0.371 e. The van der Waals surface area contributed by atoms with E-state index in [1.807, 2.05) is 0 Å². The summed E-state index contributed by atoms with van der Waals surface area (Å²) in [6, 6.07) is 9.53. The van der Waals surface area contributed by atoms with Gasteiger partial charge in [0.2, 0.25) is 0 Å². The van der Waals surface area contributed by atoms with E-state index in [0.29, 0.717) is 11.5 Å². The summed E-state index contributed by atoms with van der Waals surface area (Å²) < 4.78 is 0. The van der Waals surface area contributed by atoms with Crippen molar-refractivity contribution in [3.05, 3.63) is 29.8 Å². The SMILES string of the molecule is CCNCc1ccccc1N(C)C1CCC(C)(C)CC1. The van der Waals surface area contributed by atoms with Crippen LogP contribution in [0.5, 0.6) is 0 Å². The zero-order valence-corrected chi connectivity index (χ0v) is 13.6. The van der Waals surface area contributed by atoms with E-state index in [1.165, 1.54) is 36.9 Å². The molecule has 0 saturated heterocycles. The van der Waals surface area contributed by atoms with Gasteiger partial charge in [-0.2, -0.15) is 0 Å². The smallest absolute Gasteiger partial charge is 0.0411 e. The van der Waals surface area contributed by atoms with Gasteiger partial charge in [0.1, 0.15) is 0 Å². The van der Waals surface area contributed by atoms with Crippen LogP contribution in [0.3, 0.4) is 0 Å². The molecule has 2 heteroatoms. The number of para-hydroxylation sites is 1. The summed E-state index contributed by atoms with van der Waals surface area (Å²) in [5.74, 6) is 0. The Balaban J connectivity index is 2.07. The molecule has 1 aliphatic rings. The minimum absolute atomic E-state index is 0.542. The van der Waals surface area contributed by atoms with Crippen molar-refractivity contribution in [3.8, 4) is 0 Å². The monoisotopic (exact) mass is 274 g/mol. The van der Waals surface area contributed by atoms with Crippen molar-refractivity contribution >= 4 is 5.69 Å². The molecule has 0 atom stereocenters. The lowest BCUT2D eigenvalue weighted by atomic mass is 9.75. The van der Waals surface area contributed by atoms with E-state index in [-0.39, 0.29) is 0 Å². The van der Waals surface area contributed by atoms with Crippen LogP contribution in [-0.4, -0.2) is 19.6 Å². The Morgan fingerprint density at radius 1 is 1.20 bits per heavy atom. The van der Waals surface area contributed by atoms with Gasteiger partial charge in [-0.05, 0) is 49.3 Å². The number of nitrogens with one attached hydrogen (secondary N) is 1. The van der Waals surface area contributed by atoms with E-state index in [2.05, 4.69) is 62.3 Å². The predicted molar refractivity (Wildman–Crippen MR) is 88.3 cm³/mol. The van der Waals surface area contributed by atoms with E-state index in [4.69, 9.17) is 0 Å². The molecule has 1 saturated carbocycles. The molecule has 0 heterocycles. The second-order valence-electron chi connectivity index (χ2n) is 6.92. The fourth-order valence-electron chi connectivity index (χ4n) is 3.23. The van der Waals surface area contributed by atoms with Gasteiger partial charge in [0.05, 0.1) is 0 Å². The minimum Gasteiger partial charge on any atom is -0.371 e. The van der Waals surface area contributed by atoms with Crippen LogP contribution >= 0.6 is 0 Å². The number of hydrogen-bond donors (Lipinski definition) is 1. The maximum Gasteiger partial charge on any atom is 0.0411 e. The third kappa shape index (κ3) is 3.76. The van der Waals surface area contributed by atoms with Crippen LogP contribution in [0.4, 0.5) is 5.69 Å². The van der Waals surface area contributed by atoms with Crippen LogP contribution in [-0.2, 0) is 6.54 Å². The molecule has 0 unspecified atom stereocenters. The molecule has 0 aliphatic heterocycles. The van der Waals surface area contributed by atoms with Crippen molar-refractivity contribution in [2.45, 2.75) is 59.0 Å². The highest BCUT2D eigenvalue weighted by molar-refractivity contribution is 5.53. The molecule has 2 nitrogen and oxygen atoms in total. The Hall–Kier alpha value is -1.02. The van der Waals surface area contributed by atoms with Gasteiger partial charge in [0, 0.05) is 25.3 Å². The maximum atomic E-state index is 3.45. The standard InChI is InChI=1S/C18H30N2/c1-5-19-14-15-8-6-7-9-17(15)20(4)16-10-12-18(2,3)13-11-16/h6-9,16,19H,5,10-14H2,1-4H3. The molecule has 0 bridgehead atoms. The summed E-state index contributed by atoms with van der Waals surface area (Å²) in [6.07, 6.45) is 5.33. The average Bonchev–Trinajstić information content (AvgIpc) is 2.45.